The fourth-order valence-corrected chi connectivity index (χ4v) is 1.75. The van der Waals surface area contributed by atoms with E-state index in [0.717, 1.165) is 29.5 Å². The lowest BCUT2D eigenvalue weighted by atomic mass is 10.0. The van der Waals surface area contributed by atoms with Gasteiger partial charge in [-0.05, 0) is 42.9 Å². The van der Waals surface area contributed by atoms with Crippen LogP contribution in [0.1, 0.15) is 58.6 Å². The molecule has 0 fully saturated rings. The molecule has 0 aromatic heterocycles. The van der Waals surface area contributed by atoms with Crippen LogP contribution in [0.3, 0.4) is 0 Å². The van der Waals surface area contributed by atoms with Crippen molar-refractivity contribution in [1.29, 1.82) is 0 Å². The summed E-state index contributed by atoms with van der Waals surface area (Å²) in [5.41, 5.74) is 2.68. The Morgan fingerprint density at radius 1 is 1.26 bits per heavy atom. The molecule has 2 heteroatoms. The normalized spacial score (nSPS) is 11.2. The second kappa shape index (κ2) is 9.62. The van der Waals surface area contributed by atoms with Crippen molar-refractivity contribution in [2.75, 3.05) is 0 Å². The summed E-state index contributed by atoms with van der Waals surface area (Å²) in [4.78, 5) is 0. The first-order chi connectivity index (χ1) is 9.04. The molecule has 0 saturated carbocycles. The van der Waals surface area contributed by atoms with E-state index in [2.05, 4.69) is 19.9 Å². The molecular formula is C17H28O2. The highest BCUT2D eigenvalue weighted by Gasteiger charge is 2.04. The van der Waals surface area contributed by atoms with E-state index < -0.39 is 0 Å². The summed E-state index contributed by atoms with van der Waals surface area (Å²) in [6, 6.07) is 5.33. The Balaban J connectivity index is 0.00000154. The lowest BCUT2D eigenvalue weighted by Crippen LogP contribution is -1.88. The molecular weight excluding hydrogens is 236 g/mol. The van der Waals surface area contributed by atoms with Crippen molar-refractivity contribution in [2.24, 2.45) is 5.92 Å². The Morgan fingerprint density at radius 2 is 1.89 bits per heavy atom. The molecule has 0 spiro atoms. The van der Waals surface area contributed by atoms with Crippen molar-refractivity contribution in [3.05, 3.63) is 35.4 Å². The number of hydrogen-bond acceptors (Lipinski definition) is 2. The average molecular weight is 264 g/mol. The average Bonchev–Trinajstić information content (AvgIpc) is 2.40. The van der Waals surface area contributed by atoms with Gasteiger partial charge < -0.3 is 10.2 Å². The maximum absolute atomic E-state index is 9.85. The quantitative estimate of drug-likeness (QED) is 0.805. The molecule has 0 aliphatic heterocycles. The third kappa shape index (κ3) is 6.44. The van der Waals surface area contributed by atoms with Gasteiger partial charge in [0.25, 0.3) is 0 Å². The van der Waals surface area contributed by atoms with Crippen LogP contribution in [0.5, 0.6) is 5.75 Å². The Morgan fingerprint density at radius 3 is 2.37 bits per heavy atom. The van der Waals surface area contributed by atoms with Crippen LogP contribution in [0.15, 0.2) is 24.3 Å². The molecule has 1 aromatic rings. The molecule has 2 N–H and O–H groups in total. The first-order valence-electron chi connectivity index (χ1n) is 7.14. The number of phenols is 1. The summed E-state index contributed by atoms with van der Waals surface area (Å²) in [6.45, 7) is 10.4. The Labute approximate surface area is 117 Å². The fourth-order valence-electron chi connectivity index (χ4n) is 1.75. The van der Waals surface area contributed by atoms with Crippen LogP contribution in [-0.2, 0) is 6.61 Å². The molecule has 0 bridgehead atoms. The van der Waals surface area contributed by atoms with Crippen molar-refractivity contribution in [2.45, 2.75) is 54.1 Å². The summed E-state index contributed by atoms with van der Waals surface area (Å²) in [5, 5.41) is 18.8. The molecule has 0 atom stereocenters. The van der Waals surface area contributed by atoms with Gasteiger partial charge in [-0.3, -0.25) is 0 Å². The molecule has 0 heterocycles. The number of aliphatic hydroxyl groups excluding tert-OH is 1. The number of aromatic hydroxyl groups is 1. The van der Waals surface area contributed by atoms with E-state index in [0.29, 0.717) is 5.92 Å². The molecule has 1 aromatic carbocycles. The monoisotopic (exact) mass is 264 g/mol. The van der Waals surface area contributed by atoms with Gasteiger partial charge in [-0.2, -0.15) is 0 Å². The van der Waals surface area contributed by atoms with Crippen molar-refractivity contribution < 1.29 is 10.2 Å². The van der Waals surface area contributed by atoms with Gasteiger partial charge in [0.05, 0.1) is 6.61 Å². The van der Waals surface area contributed by atoms with Crippen molar-refractivity contribution >= 4 is 5.57 Å². The van der Waals surface area contributed by atoms with Crippen LogP contribution in [0, 0.1) is 5.92 Å². The lowest BCUT2D eigenvalue weighted by molar-refractivity contribution is 0.281. The third-order valence-corrected chi connectivity index (χ3v) is 2.86. The molecule has 2 nitrogen and oxygen atoms in total. The molecule has 0 aliphatic rings. The third-order valence-electron chi connectivity index (χ3n) is 2.86. The number of aliphatic hydroxyl groups is 1. The summed E-state index contributed by atoms with van der Waals surface area (Å²) in [5.74, 6) is 0.944. The molecule has 0 saturated heterocycles. The molecule has 19 heavy (non-hydrogen) atoms. The highest BCUT2D eigenvalue weighted by Crippen LogP contribution is 2.26. The zero-order valence-corrected chi connectivity index (χ0v) is 12.9. The van der Waals surface area contributed by atoms with Gasteiger partial charge in [0.15, 0.2) is 0 Å². The van der Waals surface area contributed by atoms with Crippen LogP contribution in [0.4, 0.5) is 0 Å². The lowest BCUT2D eigenvalue weighted by Gasteiger charge is -2.07. The molecule has 108 valence electrons. The van der Waals surface area contributed by atoms with E-state index in [1.807, 2.05) is 32.9 Å². The Kier molecular flexibility index (Phi) is 8.98. The van der Waals surface area contributed by atoms with Gasteiger partial charge in [-0.1, -0.05) is 45.9 Å². The van der Waals surface area contributed by atoms with Gasteiger partial charge in [-0.15, -0.1) is 0 Å². The predicted octanol–water partition coefficient (Wildman–Crippen LogP) is 4.75. The van der Waals surface area contributed by atoms with Crippen LogP contribution < -0.4 is 0 Å². The molecule has 0 radical (unpaired) electrons. The van der Waals surface area contributed by atoms with E-state index in [1.165, 1.54) is 0 Å². The standard InChI is InChI=1S/C15H22O2.C2H6/c1-11(2)5-4-6-12(3)14-8-7-13(10-16)9-15(14)17;1-2/h6-9,11,16-17H,4-5,10H2,1-3H3;1-2H3. The van der Waals surface area contributed by atoms with Crippen LogP contribution in [-0.4, -0.2) is 10.2 Å². The number of benzene rings is 1. The summed E-state index contributed by atoms with van der Waals surface area (Å²) in [7, 11) is 0. The largest absolute Gasteiger partial charge is 0.507 e. The van der Waals surface area contributed by atoms with Crippen molar-refractivity contribution in [3.63, 3.8) is 0 Å². The molecule has 0 amide bonds. The maximum Gasteiger partial charge on any atom is 0.123 e. The summed E-state index contributed by atoms with van der Waals surface area (Å²) >= 11 is 0. The summed E-state index contributed by atoms with van der Waals surface area (Å²) < 4.78 is 0. The smallest absolute Gasteiger partial charge is 0.123 e. The second-order valence-electron chi connectivity index (χ2n) is 4.87. The number of phenolic OH excluding ortho intramolecular Hbond substituents is 1. The Bertz CT molecular complexity index is 392. The minimum atomic E-state index is -0.0377. The minimum absolute atomic E-state index is 0.0377. The van der Waals surface area contributed by atoms with Crippen LogP contribution in [0.25, 0.3) is 5.57 Å². The first kappa shape index (κ1) is 17.7. The van der Waals surface area contributed by atoms with Gasteiger partial charge in [0, 0.05) is 5.56 Å². The summed E-state index contributed by atoms with van der Waals surface area (Å²) in [6.07, 6.45) is 4.35. The number of allylic oxidation sites excluding steroid dienone is 2. The predicted molar refractivity (Wildman–Crippen MR) is 83.1 cm³/mol. The van der Waals surface area contributed by atoms with Crippen LogP contribution >= 0.6 is 0 Å². The number of hydrogen-bond donors (Lipinski definition) is 2. The fraction of sp³-hybridized carbons (Fsp3) is 0.529. The van der Waals surface area contributed by atoms with Crippen LogP contribution in [0.2, 0.25) is 0 Å². The zero-order chi connectivity index (χ0) is 14.8. The second-order valence-corrected chi connectivity index (χ2v) is 4.87. The van der Waals surface area contributed by atoms with E-state index in [4.69, 9.17) is 5.11 Å². The van der Waals surface area contributed by atoms with E-state index in [1.54, 1.807) is 6.07 Å². The molecule has 0 aliphatic carbocycles. The van der Waals surface area contributed by atoms with E-state index in [9.17, 15) is 5.11 Å². The Hall–Kier alpha value is -1.28. The van der Waals surface area contributed by atoms with Crippen molar-refractivity contribution in [3.8, 4) is 5.75 Å². The highest BCUT2D eigenvalue weighted by molar-refractivity contribution is 5.69. The van der Waals surface area contributed by atoms with Gasteiger partial charge in [-0.25, -0.2) is 0 Å². The van der Waals surface area contributed by atoms with Gasteiger partial charge in [0.2, 0.25) is 0 Å². The van der Waals surface area contributed by atoms with Gasteiger partial charge in [0.1, 0.15) is 5.75 Å². The highest BCUT2D eigenvalue weighted by atomic mass is 16.3. The molecule has 0 unspecified atom stereocenters. The van der Waals surface area contributed by atoms with Crippen molar-refractivity contribution in [1.82, 2.24) is 0 Å². The van der Waals surface area contributed by atoms with E-state index in [-0.39, 0.29) is 12.4 Å². The van der Waals surface area contributed by atoms with Gasteiger partial charge >= 0.3 is 0 Å². The number of rotatable bonds is 5. The molecule has 1 rings (SSSR count). The van der Waals surface area contributed by atoms with E-state index >= 15 is 0 Å². The SMILES string of the molecule is CC.CC(=CCCC(C)C)c1ccc(CO)cc1O. The zero-order valence-electron chi connectivity index (χ0n) is 12.9. The topological polar surface area (TPSA) is 40.5 Å². The maximum atomic E-state index is 9.85. The first-order valence-corrected chi connectivity index (χ1v) is 7.14. The minimum Gasteiger partial charge on any atom is -0.507 e.